The van der Waals surface area contributed by atoms with Gasteiger partial charge in [-0.1, -0.05) is 5.16 Å². The first kappa shape index (κ1) is 11.2. The molecule has 2 fully saturated rings. The van der Waals surface area contributed by atoms with Crippen LogP contribution in [-0.4, -0.2) is 23.3 Å². The summed E-state index contributed by atoms with van der Waals surface area (Å²) in [5.74, 6) is 2.01. The van der Waals surface area contributed by atoms with Crippen LogP contribution in [0.25, 0.3) is 0 Å². The Morgan fingerprint density at radius 1 is 1.53 bits per heavy atom. The fourth-order valence-corrected chi connectivity index (χ4v) is 2.43. The zero-order chi connectivity index (χ0) is 11.9. The fraction of sp³-hybridized carbons (Fsp3) is 0.833. The van der Waals surface area contributed by atoms with E-state index in [-0.39, 0.29) is 11.6 Å². The van der Waals surface area contributed by atoms with Crippen molar-refractivity contribution in [2.45, 2.75) is 50.2 Å². The highest BCUT2D eigenvalue weighted by molar-refractivity contribution is 5.07. The van der Waals surface area contributed by atoms with Crippen LogP contribution < -0.4 is 5.73 Å². The van der Waals surface area contributed by atoms with E-state index in [1.165, 1.54) is 19.3 Å². The summed E-state index contributed by atoms with van der Waals surface area (Å²) >= 11 is 0. The second kappa shape index (κ2) is 4.07. The summed E-state index contributed by atoms with van der Waals surface area (Å²) in [5, 5.41) is 4.05. The molecule has 2 N–H and O–H groups in total. The minimum atomic E-state index is -0.286. The van der Waals surface area contributed by atoms with E-state index in [9.17, 15) is 0 Å². The number of rotatable bonds is 5. The number of hydrogen-bond donors (Lipinski definition) is 1. The molecular weight excluding hydrogens is 218 g/mol. The molecule has 17 heavy (non-hydrogen) atoms. The van der Waals surface area contributed by atoms with Crippen LogP contribution in [0, 0.1) is 5.92 Å². The number of methoxy groups -OCH3 is 1. The molecule has 5 nitrogen and oxygen atoms in total. The fourth-order valence-electron chi connectivity index (χ4n) is 2.43. The Hall–Kier alpha value is -0.940. The van der Waals surface area contributed by atoms with E-state index in [0.717, 1.165) is 12.8 Å². The molecule has 1 unspecified atom stereocenters. The van der Waals surface area contributed by atoms with Crippen LogP contribution in [0.5, 0.6) is 0 Å². The van der Waals surface area contributed by atoms with E-state index >= 15 is 0 Å². The molecule has 3 rings (SSSR count). The van der Waals surface area contributed by atoms with Crippen molar-refractivity contribution in [1.29, 1.82) is 0 Å². The molecule has 2 aliphatic rings. The van der Waals surface area contributed by atoms with Gasteiger partial charge in [0.25, 0.3) is 0 Å². The first-order valence-electron chi connectivity index (χ1n) is 6.37. The molecule has 0 bridgehead atoms. The first-order chi connectivity index (χ1) is 8.23. The molecule has 5 heteroatoms. The first-order valence-corrected chi connectivity index (χ1v) is 6.37. The van der Waals surface area contributed by atoms with Gasteiger partial charge < -0.3 is 15.0 Å². The molecule has 2 saturated carbocycles. The summed E-state index contributed by atoms with van der Waals surface area (Å²) in [6.45, 7) is 0. The highest BCUT2D eigenvalue weighted by atomic mass is 16.5. The zero-order valence-corrected chi connectivity index (χ0v) is 10.2. The highest BCUT2D eigenvalue weighted by Gasteiger charge is 2.43. The van der Waals surface area contributed by atoms with E-state index in [1.54, 1.807) is 7.11 Å². The Bertz CT molecular complexity index is 391. The molecular formula is C12H19N3O2. The largest absolute Gasteiger partial charge is 0.370 e. The molecule has 0 radical (unpaired) electrons. The Kier molecular flexibility index (Phi) is 2.67. The molecule has 0 aliphatic heterocycles. The second-order valence-corrected chi connectivity index (χ2v) is 5.27. The number of nitrogens with zero attached hydrogens (tertiary/aromatic N) is 2. The average molecular weight is 237 g/mol. The summed E-state index contributed by atoms with van der Waals surface area (Å²) in [6.07, 6.45) is 6.30. The predicted molar refractivity (Wildman–Crippen MR) is 61.2 cm³/mol. The Labute approximate surface area is 101 Å². The molecule has 1 atom stereocenters. The standard InChI is InChI=1S/C12H19N3O2/c1-16-12(5-2-6-12)11-14-10(17-15-11)7-9(13)8-3-4-8/h8-9H,2-7,13H2,1H3. The minimum Gasteiger partial charge on any atom is -0.370 e. The van der Waals surface area contributed by atoms with E-state index in [2.05, 4.69) is 10.1 Å². The van der Waals surface area contributed by atoms with E-state index < -0.39 is 0 Å². The normalized spacial score (nSPS) is 24.4. The minimum absolute atomic E-state index is 0.170. The Morgan fingerprint density at radius 3 is 2.82 bits per heavy atom. The number of nitrogens with two attached hydrogens (primary N) is 1. The van der Waals surface area contributed by atoms with Gasteiger partial charge in [0.15, 0.2) is 0 Å². The maximum Gasteiger partial charge on any atom is 0.228 e. The van der Waals surface area contributed by atoms with Gasteiger partial charge in [-0.05, 0) is 38.0 Å². The molecule has 0 spiro atoms. The van der Waals surface area contributed by atoms with E-state index in [1.807, 2.05) is 0 Å². The highest BCUT2D eigenvalue weighted by Crippen LogP contribution is 2.42. The molecule has 1 aromatic heterocycles. The van der Waals surface area contributed by atoms with Crippen molar-refractivity contribution in [3.63, 3.8) is 0 Å². The van der Waals surface area contributed by atoms with Crippen LogP contribution in [-0.2, 0) is 16.8 Å². The third kappa shape index (κ3) is 1.98. The quantitative estimate of drug-likeness (QED) is 0.837. The van der Waals surface area contributed by atoms with Crippen molar-refractivity contribution in [1.82, 2.24) is 10.1 Å². The van der Waals surface area contributed by atoms with Crippen LogP contribution in [0.1, 0.15) is 43.8 Å². The lowest BCUT2D eigenvalue weighted by molar-refractivity contribution is -0.0858. The maximum absolute atomic E-state index is 6.05. The van der Waals surface area contributed by atoms with Crippen LogP contribution in [0.4, 0.5) is 0 Å². The zero-order valence-electron chi connectivity index (χ0n) is 10.2. The average Bonchev–Trinajstić information content (AvgIpc) is 3.01. The van der Waals surface area contributed by atoms with Gasteiger partial charge in [-0.15, -0.1) is 0 Å². The van der Waals surface area contributed by atoms with E-state index in [4.69, 9.17) is 15.0 Å². The molecule has 1 aromatic rings. The molecule has 0 aromatic carbocycles. The van der Waals surface area contributed by atoms with Crippen molar-refractivity contribution < 1.29 is 9.26 Å². The van der Waals surface area contributed by atoms with Gasteiger partial charge in [-0.3, -0.25) is 0 Å². The molecule has 94 valence electrons. The number of ether oxygens (including phenoxy) is 1. The third-order valence-corrected chi connectivity index (χ3v) is 4.07. The van der Waals surface area contributed by atoms with Crippen LogP contribution in [0.3, 0.4) is 0 Å². The summed E-state index contributed by atoms with van der Waals surface area (Å²) < 4.78 is 10.8. The smallest absolute Gasteiger partial charge is 0.228 e. The van der Waals surface area contributed by atoms with E-state index in [0.29, 0.717) is 24.1 Å². The van der Waals surface area contributed by atoms with Crippen molar-refractivity contribution in [2.75, 3.05) is 7.11 Å². The van der Waals surface area contributed by atoms with Gasteiger partial charge in [0.05, 0.1) is 0 Å². The van der Waals surface area contributed by atoms with Crippen molar-refractivity contribution in [2.24, 2.45) is 11.7 Å². The topological polar surface area (TPSA) is 74.2 Å². The number of aromatic nitrogens is 2. The van der Waals surface area contributed by atoms with Gasteiger partial charge in [-0.25, -0.2) is 0 Å². The van der Waals surface area contributed by atoms with Gasteiger partial charge >= 0.3 is 0 Å². The van der Waals surface area contributed by atoms with Crippen molar-refractivity contribution >= 4 is 0 Å². The molecule has 2 aliphatic carbocycles. The molecule has 0 amide bonds. The number of hydrogen-bond acceptors (Lipinski definition) is 5. The van der Waals surface area contributed by atoms with Crippen molar-refractivity contribution in [3.8, 4) is 0 Å². The Morgan fingerprint density at radius 2 is 2.29 bits per heavy atom. The summed E-state index contributed by atoms with van der Waals surface area (Å²) in [7, 11) is 1.71. The predicted octanol–water partition coefficient (Wildman–Crippen LogP) is 1.37. The second-order valence-electron chi connectivity index (χ2n) is 5.27. The van der Waals surface area contributed by atoms with Gasteiger partial charge in [0.2, 0.25) is 11.7 Å². The van der Waals surface area contributed by atoms with Crippen LogP contribution >= 0.6 is 0 Å². The van der Waals surface area contributed by atoms with Gasteiger partial charge in [-0.2, -0.15) is 4.98 Å². The molecule has 1 heterocycles. The lowest BCUT2D eigenvalue weighted by atomic mass is 9.79. The summed E-state index contributed by atoms with van der Waals surface area (Å²) in [4.78, 5) is 4.44. The maximum atomic E-state index is 6.05. The van der Waals surface area contributed by atoms with Crippen LogP contribution in [0.15, 0.2) is 4.52 Å². The SMILES string of the molecule is COC1(c2noc(CC(N)C3CC3)n2)CCC1. The van der Waals surface area contributed by atoms with Crippen molar-refractivity contribution in [3.05, 3.63) is 11.7 Å². The molecule has 0 saturated heterocycles. The lowest BCUT2D eigenvalue weighted by Crippen LogP contribution is -2.37. The summed E-state index contributed by atoms with van der Waals surface area (Å²) in [6, 6.07) is 0.170. The van der Waals surface area contributed by atoms with Gasteiger partial charge in [0, 0.05) is 19.6 Å². The Balaban J connectivity index is 1.69. The third-order valence-electron chi connectivity index (χ3n) is 4.07. The monoisotopic (exact) mass is 237 g/mol. The summed E-state index contributed by atoms with van der Waals surface area (Å²) in [5.41, 5.74) is 5.76. The van der Waals surface area contributed by atoms with Gasteiger partial charge in [0.1, 0.15) is 5.60 Å². The lowest BCUT2D eigenvalue weighted by Gasteiger charge is -2.37. The van der Waals surface area contributed by atoms with Crippen LogP contribution in [0.2, 0.25) is 0 Å².